The van der Waals surface area contributed by atoms with Crippen molar-refractivity contribution in [3.05, 3.63) is 82.9 Å². The molecule has 100 valence electrons. The van der Waals surface area contributed by atoms with Gasteiger partial charge in [-0.25, -0.2) is 0 Å². The SMILES string of the molecule is N#Cc1ccc(C#CC=CC#Cc2ccccc2C#N)cc1. The van der Waals surface area contributed by atoms with Gasteiger partial charge < -0.3 is 0 Å². The van der Waals surface area contributed by atoms with Crippen molar-refractivity contribution in [2.75, 3.05) is 0 Å². The first-order valence-corrected chi connectivity index (χ1v) is 6.51. The number of rotatable bonds is 0. The summed E-state index contributed by atoms with van der Waals surface area (Å²) in [7, 11) is 0. The van der Waals surface area contributed by atoms with Gasteiger partial charge in [-0.1, -0.05) is 35.8 Å². The Morgan fingerprint density at radius 3 is 1.86 bits per heavy atom. The van der Waals surface area contributed by atoms with E-state index in [2.05, 4.69) is 35.8 Å². The van der Waals surface area contributed by atoms with Gasteiger partial charge in [-0.3, -0.25) is 0 Å². The maximum atomic E-state index is 8.94. The highest BCUT2D eigenvalue weighted by Gasteiger charge is 1.94. The van der Waals surface area contributed by atoms with Crippen LogP contribution in [0.1, 0.15) is 22.3 Å². The Morgan fingerprint density at radius 2 is 1.23 bits per heavy atom. The van der Waals surface area contributed by atoms with E-state index in [0.29, 0.717) is 16.7 Å². The number of benzene rings is 2. The predicted octanol–water partition coefficient (Wildman–Crippen LogP) is 3.39. The highest BCUT2D eigenvalue weighted by Crippen LogP contribution is 2.04. The van der Waals surface area contributed by atoms with E-state index in [9.17, 15) is 0 Å². The Labute approximate surface area is 130 Å². The summed E-state index contributed by atoms with van der Waals surface area (Å²) in [6.07, 6.45) is 3.30. The van der Waals surface area contributed by atoms with Crippen LogP contribution in [0.5, 0.6) is 0 Å². The number of hydrogen-bond donors (Lipinski definition) is 0. The predicted molar refractivity (Wildman–Crippen MR) is 85.2 cm³/mol. The van der Waals surface area contributed by atoms with Crippen LogP contribution in [0.4, 0.5) is 0 Å². The molecular formula is C20H10N2. The minimum absolute atomic E-state index is 0.562. The van der Waals surface area contributed by atoms with Crippen LogP contribution >= 0.6 is 0 Å². The fraction of sp³-hybridized carbons (Fsp3) is 0. The summed E-state index contributed by atoms with van der Waals surface area (Å²) in [6.45, 7) is 0. The number of nitriles is 2. The normalized spacial score (nSPS) is 8.82. The van der Waals surface area contributed by atoms with Crippen molar-refractivity contribution in [2.24, 2.45) is 0 Å². The summed E-state index contributed by atoms with van der Waals surface area (Å²) in [5.74, 6) is 11.6. The first-order chi connectivity index (χ1) is 10.8. The summed E-state index contributed by atoms with van der Waals surface area (Å²) < 4.78 is 0. The standard InChI is InChI=1S/C20H10N2/c21-15-18-13-11-17(12-14-18)7-3-1-2-4-8-19-9-5-6-10-20(19)16-22/h1-2,5-6,9-14H. The van der Waals surface area contributed by atoms with E-state index in [1.165, 1.54) is 0 Å². The van der Waals surface area contributed by atoms with Crippen molar-refractivity contribution < 1.29 is 0 Å². The van der Waals surface area contributed by atoms with Crippen molar-refractivity contribution in [1.82, 2.24) is 0 Å². The van der Waals surface area contributed by atoms with Crippen LogP contribution in [0.15, 0.2) is 60.7 Å². The zero-order chi connectivity index (χ0) is 15.6. The van der Waals surface area contributed by atoms with Crippen LogP contribution in [-0.2, 0) is 0 Å². The zero-order valence-corrected chi connectivity index (χ0v) is 11.7. The molecule has 0 N–H and O–H groups in total. The van der Waals surface area contributed by atoms with Crippen LogP contribution in [-0.4, -0.2) is 0 Å². The quantitative estimate of drug-likeness (QED) is 0.693. The second-order valence-electron chi connectivity index (χ2n) is 4.22. The number of nitrogens with zero attached hydrogens (tertiary/aromatic N) is 2. The molecule has 0 saturated carbocycles. The topological polar surface area (TPSA) is 47.6 Å². The molecule has 0 amide bonds. The maximum Gasteiger partial charge on any atom is 0.100 e. The molecule has 0 aliphatic carbocycles. The second kappa shape index (κ2) is 7.77. The molecule has 0 fully saturated rings. The third-order valence-corrected chi connectivity index (χ3v) is 2.73. The van der Waals surface area contributed by atoms with Crippen molar-refractivity contribution >= 4 is 0 Å². The first-order valence-electron chi connectivity index (χ1n) is 6.51. The number of allylic oxidation sites excluding steroid dienone is 2. The third-order valence-electron chi connectivity index (χ3n) is 2.73. The average Bonchev–Trinajstić information content (AvgIpc) is 2.58. The van der Waals surface area contributed by atoms with Crippen LogP contribution in [0.25, 0.3) is 0 Å². The molecule has 2 heteroatoms. The van der Waals surface area contributed by atoms with E-state index in [-0.39, 0.29) is 0 Å². The molecule has 0 aliphatic heterocycles. The molecule has 0 saturated heterocycles. The van der Waals surface area contributed by atoms with E-state index in [1.54, 1.807) is 42.5 Å². The van der Waals surface area contributed by atoms with E-state index >= 15 is 0 Å². The van der Waals surface area contributed by atoms with E-state index in [0.717, 1.165) is 5.56 Å². The molecule has 0 aliphatic rings. The Bertz CT molecular complexity index is 897. The number of hydrogen-bond acceptors (Lipinski definition) is 2. The van der Waals surface area contributed by atoms with E-state index in [1.807, 2.05) is 18.2 Å². The Morgan fingerprint density at radius 1 is 0.636 bits per heavy atom. The van der Waals surface area contributed by atoms with Gasteiger partial charge in [0, 0.05) is 11.1 Å². The molecule has 2 aromatic carbocycles. The highest BCUT2D eigenvalue weighted by molar-refractivity contribution is 5.49. The second-order valence-corrected chi connectivity index (χ2v) is 4.22. The van der Waals surface area contributed by atoms with Crippen LogP contribution in [0.3, 0.4) is 0 Å². The smallest absolute Gasteiger partial charge is 0.100 e. The summed E-state index contributed by atoms with van der Waals surface area (Å²) in [4.78, 5) is 0. The fourth-order valence-electron chi connectivity index (χ4n) is 1.65. The lowest BCUT2D eigenvalue weighted by atomic mass is 10.1. The largest absolute Gasteiger partial charge is 0.192 e. The monoisotopic (exact) mass is 278 g/mol. The molecule has 22 heavy (non-hydrogen) atoms. The average molecular weight is 278 g/mol. The molecule has 0 bridgehead atoms. The Kier molecular flexibility index (Phi) is 5.19. The zero-order valence-electron chi connectivity index (χ0n) is 11.7. The summed E-state index contributed by atoms with van der Waals surface area (Å²) in [5.41, 5.74) is 2.72. The molecule has 0 spiro atoms. The van der Waals surface area contributed by atoms with Gasteiger partial charge in [0.25, 0.3) is 0 Å². The van der Waals surface area contributed by atoms with Crippen molar-refractivity contribution in [3.8, 4) is 35.8 Å². The third kappa shape index (κ3) is 4.15. The van der Waals surface area contributed by atoms with Crippen LogP contribution < -0.4 is 0 Å². The Hall–Kier alpha value is -3.72. The van der Waals surface area contributed by atoms with Gasteiger partial charge in [0.2, 0.25) is 0 Å². The molecule has 0 unspecified atom stereocenters. The molecular weight excluding hydrogens is 268 g/mol. The molecule has 2 rings (SSSR count). The van der Waals surface area contributed by atoms with Crippen LogP contribution in [0.2, 0.25) is 0 Å². The fourth-order valence-corrected chi connectivity index (χ4v) is 1.65. The van der Waals surface area contributed by atoms with Gasteiger partial charge in [-0.05, 0) is 48.6 Å². The lowest BCUT2D eigenvalue weighted by Crippen LogP contribution is -1.80. The van der Waals surface area contributed by atoms with Crippen molar-refractivity contribution in [3.63, 3.8) is 0 Å². The van der Waals surface area contributed by atoms with Gasteiger partial charge in [0.05, 0.1) is 17.2 Å². The van der Waals surface area contributed by atoms with Gasteiger partial charge in [-0.2, -0.15) is 10.5 Å². The molecule has 2 aromatic rings. The van der Waals surface area contributed by atoms with Gasteiger partial charge in [0.15, 0.2) is 0 Å². The summed E-state index contributed by atoms with van der Waals surface area (Å²) >= 11 is 0. The van der Waals surface area contributed by atoms with Crippen molar-refractivity contribution in [2.45, 2.75) is 0 Å². The molecule has 0 radical (unpaired) electrons. The highest BCUT2D eigenvalue weighted by atomic mass is 14.2. The van der Waals surface area contributed by atoms with Gasteiger partial charge >= 0.3 is 0 Å². The maximum absolute atomic E-state index is 8.94. The molecule has 0 atom stereocenters. The van der Waals surface area contributed by atoms with Crippen LogP contribution in [0, 0.1) is 46.3 Å². The molecule has 0 aromatic heterocycles. The minimum Gasteiger partial charge on any atom is -0.192 e. The van der Waals surface area contributed by atoms with Gasteiger partial charge in [0.1, 0.15) is 6.07 Å². The first kappa shape index (κ1) is 14.7. The lowest BCUT2D eigenvalue weighted by Gasteiger charge is -1.91. The van der Waals surface area contributed by atoms with Gasteiger partial charge in [-0.15, -0.1) is 0 Å². The Balaban J connectivity index is 2.03. The summed E-state index contributed by atoms with van der Waals surface area (Å²) in [5, 5.41) is 17.6. The van der Waals surface area contributed by atoms with Crippen molar-refractivity contribution in [1.29, 1.82) is 10.5 Å². The van der Waals surface area contributed by atoms with E-state index < -0.39 is 0 Å². The molecule has 0 heterocycles. The van der Waals surface area contributed by atoms with E-state index in [4.69, 9.17) is 10.5 Å². The summed E-state index contributed by atoms with van der Waals surface area (Å²) in [6, 6.07) is 18.4. The molecule has 2 nitrogen and oxygen atoms in total. The minimum atomic E-state index is 0.562. The lowest BCUT2D eigenvalue weighted by molar-refractivity contribution is 1.47.